The van der Waals surface area contributed by atoms with Crippen molar-refractivity contribution in [3.63, 3.8) is 0 Å². The summed E-state index contributed by atoms with van der Waals surface area (Å²) in [5.41, 5.74) is 5.91. The Bertz CT molecular complexity index is 703. The van der Waals surface area contributed by atoms with Crippen molar-refractivity contribution in [2.75, 3.05) is 6.54 Å². The molecule has 0 fully saturated rings. The normalized spacial score (nSPS) is 10.8. The lowest BCUT2D eigenvalue weighted by Crippen LogP contribution is -2.36. The highest BCUT2D eigenvalue weighted by molar-refractivity contribution is 14.0. The number of rotatable bonds is 6. The lowest BCUT2D eigenvalue weighted by Gasteiger charge is -2.10. The van der Waals surface area contributed by atoms with E-state index in [1.54, 1.807) is 12.1 Å². The number of carbonyl (C=O) groups is 1. The summed E-state index contributed by atoms with van der Waals surface area (Å²) in [5, 5.41) is 6.15. The smallest absolute Gasteiger partial charge is 0.284 e. The van der Waals surface area contributed by atoms with E-state index in [2.05, 4.69) is 15.6 Å². The van der Waals surface area contributed by atoms with E-state index in [9.17, 15) is 9.18 Å². The maximum atomic E-state index is 13.1. The number of guanidine groups is 1. The van der Waals surface area contributed by atoms with Gasteiger partial charge >= 0.3 is 0 Å². The maximum absolute atomic E-state index is 13.1. The minimum atomic E-state index is -0.608. The molecule has 1 aromatic heterocycles. The average molecular weight is 446 g/mol. The van der Waals surface area contributed by atoms with Gasteiger partial charge in [-0.1, -0.05) is 12.1 Å². The summed E-state index contributed by atoms with van der Waals surface area (Å²) in [6.45, 7) is 3.32. The van der Waals surface area contributed by atoms with Crippen molar-refractivity contribution in [2.45, 2.75) is 20.0 Å². The third kappa shape index (κ3) is 6.19. The van der Waals surface area contributed by atoms with Gasteiger partial charge in [0, 0.05) is 6.54 Å². The third-order valence-electron chi connectivity index (χ3n) is 2.99. The zero-order chi connectivity index (χ0) is 16.7. The van der Waals surface area contributed by atoms with Gasteiger partial charge < -0.3 is 20.8 Å². The first-order valence-electron chi connectivity index (χ1n) is 7.23. The monoisotopic (exact) mass is 446 g/mol. The molecule has 0 bridgehead atoms. The zero-order valence-electron chi connectivity index (χ0n) is 13.2. The minimum absolute atomic E-state index is 0. The Hall–Kier alpha value is -2.10. The molecule has 0 atom stereocenters. The summed E-state index contributed by atoms with van der Waals surface area (Å²) in [6.07, 6.45) is 0. The fourth-order valence-corrected chi connectivity index (χ4v) is 1.92. The van der Waals surface area contributed by atoms with Gasteiger partial charge in [0.1, 0.15) is 11.6 Å². The van der Waals surface area contributed by atoms with Gasteiger partial charge in [0.2, 0.25) is 0 Å². The summed E-state index contributed by atoms with van der Waals surface area (Å²) in [5.74, 6) is 0.348. The van der Waals surface area contributed by atoms with E-state index < -0.39 is 5.91 Å². The zero-order valence-corrected chi connectivity index (χ0v) is 15.5. The standard InChI is InChI=1S/C16H19FN4O2.HI/c1-2-19-16(20-9-11-4-3-5-12(17)8-11)21-10-13-6-7-14(23-13)15(18)22;/h3-8H,2,9-10H2,1H3,(H2,18,22)(H2,19,20,21);1H. The number of amides is 1. The molecule has 1 heterocycles. The van der Waals surface area contributed by atoms with Crippen LogP contribution in [-0.2, 0) is 13.1 Å². The third-order valence-corrected chi connectivity index (χ3v) is 2.99. The minimum Gasteiger partial charge on any atom is -0.454 e. The second-order valence-corrected chi connectivity index (χ2v) is 4.81. The number of nitrogens with two attached hydrogens (primary N) is 1. The molecular formula is C16H20FIN4O2. The fraction of sp³-hybridized carbons (Fsp3) is 0.250. The van der Waals surface area contributed by atoms with E-state index in [1.165, 1.54) is 18.2 Å². The van der Waals surface area contributed by atoms with Crippen molar-refractivity contribution in [3.8, 4) is 0 Å². The quantitative estimate of drug-likeness (QED) is 0.361. The lowest BCUT2D eigenvalue weighted by molar-refractivity contribution is 0.0972. The van der Waals surface area contributed by atoms with Crippen LogP contribution in [0.15, 0.2) is 45.8 Å². The summed E-state index contributed by atoms with van der Waals surface area (Å²) in [6, 6.07) is 9.48. The Balaban J connectivity index is 0.00000288. The van der Waals surface area contributed by atoms with Crippen LogP contribution in [0.1, 0.15) is 28.8 Å². The van der Waals surface area contributed by atoms with Crippen molar-refractivity contribution in [2.24, 2.45) is 10.7 Å². The number of nitrogens with one attached hydrogen (secondary N) is 2. The van der Waals surface area contributed by atoms with E-state index in [4.69, 9.17) is 10.2 Å². The van der Waals surface area contributed by atoms with Gasteiger partial charge in [-0.3, -0.25) is 4.79 Å². The lowest BCUT2D eigenvalue weighted by atomic mass is 10.2. The predicted octanol–water partition coefficient (Wildman–Crippen LogP) is 2.39. The van der Waals surface area contributed by atoms with Gasteiger partial charge in [0.05, 0.1) is 13.1 Å². The van der Waals surface area contributed by atoms with Gasteiger partial charge in [0.25, 0.3) is 5.91 Å². The molecule has 2 rings (SSSR count). The van der Waals surface area contributed by atoms with Gasteiger partial charge in [-0.2, -0.15) is 0 Å². The second-order valence-electron chi connectivity index (χ2n) is 4.81. The molecule has 0 aliphatic heterocycles. The van der Waals surface area contributed by atoms with E-state index in [0.29, 0.717) is 31.4 Å². The van der Waals surface area contributed by atoms with E-state index in [1.807, 2.05) is 13.0 Å². The summed E-state index contributed by atoms with van der Waals surface area (Å²) < 4.78 is 18.4. The number of nitrogens with zero attached hydrogens (tertiary/aromatic N) is 1. The number of primary amides is 1. The number of benzene rings is 1. The predicted molar refractivity (Wildman–Crippen MR) is 101 cm³/mol. The van der Waals surface area contributed by atoms with Crippen molar-refractivity contribution >= 4 is 35.8 Å². The molecule has 0 unspecified atom stereocenters. The molecule has 0 aliphatic carbocycles. The number of aliphatic imine (C=N–C) groups is 1. The first-order chi connectivity index (χ1) is 11.1. The molecule has 24 heavy (non-hydrogen) atoms. The van der Waals surface area contributed by atoms with Crippen LogP contribution in [0.3, 0.4) is 0 Å². The average Bonchev–Trinajstić information content (AvgIpc) is 2.99. The number of furan rings is 1. The SMILES string of the molecule is CCNC(=NCc1cccc(F)c1)NCc1ccc(C(N)=O)o1.I. The van der Waals surface area contributed by atoms with Gasteiger partial charge in [-0.15, -0.1) is 24.0 Å². The number of hydrogen-bond donors (Lipinski definition) is 3. The van der Waals surface area contributed by atoms with Crippen molar-refractivity contribution in [1.29, 1.82) is 0 Å². The Morgan fingerprint density at radius 2 is 2.08 bits per heavy atom. The molecule has 0 saturated heterocycles. The topological polar surface area (TPSA) is 92.6 Å². The Morgan fingerprint density at radius 3 is 2.71 bits per heavy atom. The molecule has 1 aromatic carbocycles. The first kappa shape index (κ1) is 19.9. The van der Waals surface area contributed by atoms with Crippen molar-refractivity contribution in [1.82, 2.24) is 10.6 Å². The largest absolute Gasteiger partial charge is 0.454 e. The van der Waals surface area contributed by atoms with Crippen molar-refractivity contribution < 1.29 is 13.6 Å². The summed E-state index contributed by atoms with van der Waals surface area (Å²) in [4.78, 5) is 15.4. The van der Waals surface area contributed by atoms with Crippen LogP contribution in [-0.4, -0.2) is 18.4 Å². The van der Waals surface area contributed by atoms with Crippen LogP contribution < -0.4 is 16.4 Å². The van der Waals surface area contributed by atoms with E-state index in [0.717, 1.165) is 5.56 Å². The molecule has 6 nitrogen and oxygen atoms in total. The van der Waals surface area contributed by atoms with Gasteiger partial charge in [0.15, 0.2) is 11.7 Å². The molecule has 0 aliphatic rings. The Morgan fingerprint density at radius 1 is 1.29 bits per heavy atom. The molecule has 4 N–H and O–H groups in total. The van der Waals surface area contributed by atoms with Crippen LogP contribution in [0.5, 0.6) is 0 Å². The fourth-order valence-electron chi connectivity index (χ4n) is 1.92. The highest BCUT2D eigenvalue weighted by atomic mass is 127. The second kappa shape index (κ2) is 9.91. The van der Waals surface area contributed by atoms with E-state index >= 15 is 0 Å². The molecule has 0 spiro atoms. The van der Waals surface area contributed by atoms with Gasteiger partial charge in [-0.05, 0) is 36.8 Å². The molecule has 0 radical (unpaired) electrons. The molecule has 0 saturated carbocycles. The molecular weight excluding hydrogens is 426 g/mol. The number of halogens is 2. The summed E-state index contributed by atoms with van der Waals surface area (Å²) >= 11 is 0. The highest BCUT2D eigenvalue weighted by Crippen LogP contribution is 2.07. The van der Waals surface area contributed by atoms with Crippen LogP contribution in [0.2, 0.25) is 0 Å². The Labute approximate surface area is 156 Å². The first-order valence-corrected chi connectivity index (χ1v) is 7.23. The van der Waals surface area contributed by atoms with Gasteiger partial charge in [-0.25, -0.2) is 9.38 Å². The van der Waals surface area contributed by atoms with E-state index in [-0.39, 0.29) is 35.6 Å². The molecule has 130 valence electrons. The molecule has 8 heteroatoms. The van der Waals surface area contributed by atoms with Crippen molar-refractivity contribution in [3.05, 3.63) is 59.3 Å². The maximum Gasteiger partial charge on any atom is 0.284 e. The van der Waals surface area contributed by atoms with Crippen LogP contribution >= 0.6 is 24.0 Å². The highest BCUT2D eigenvalue weighted by Gasteiger charge is 2.07. The Kier molecular flexibility index (Phi) is 8.24. The number of carbonyl (C=O) groups excluding carboxylic acids is 1. The van der Waals surface area contributed by atoms with Crippen LogP contribution in [0.4, 0.5) is 4.39 Å². The molecule has 1 amide bonds. The number of hydrogen-bond acceptors (Lipinski definition) is 3. The van der Waals surface area contributed by atoms with Crippen LogP contribution in [0.25, 0.3) is 0 Å². The summed E-state index contributed by atoms with van der Waals surface area (Å²) in [7, 11) is 0. The molecule has 2 aromatic rings. The van der Waals surface area contributed by atoms with Crippen LogP contribution in [0, 0.1) is 5.82 Å².